The molecule has 2 rings (SSSR count). The first-order valence-electron chi connectivity index (χ1n) is 7.97. The summed E-state index contributed by atoms with van der Waals surface area (Å²) in [6.07, 6.45) is 0. The van der Waals surface area contributed by atoms with Crippen molar-refractivity contribution in [2.45, 2.75) is 13.5 Å². The van der Waals surface area contributed by atoms with Crippen LogP contribution in [0.2, 0.25) is 0 Å². The lowest BCUT2D eigenvalue weighted by atomic mass is 10.2. The molecule has 0 aromatic heterocycles. The Kier molecular flexibility index (Phi) is 6.78. The van der Waals surface area contributed by atoms with Gasteiger partial charge in [-0.05, 0) is 19.1 Å². The Morgan fingerprint density at radius 3 is 2.62 bits per heavy atom. The summed E-state index contributed by atoms with van der Waals surface area (Å²) in [6, 6.07) is 11.5. The Hall–Kier alpha value is -3.29. The molecule has 0 bridgehead atoms. The molecular weight excluding hydrogens is 340 g/mol. The van der Waals surface area contributed by atoms with Crippen LogP contribution in [0.25, 0.3) is 0 Å². The van der Waals surface area contributed by atoms with Crippen molar-refractivity contribution in [2.75, 3.05) is 20.3 Å². The van der Waals surface area contributed by atoms with Gasteiger partial charge in [-0.1, -0.05) is 18.2 Å². The van der Waals surface area contributed by atoms with E-state index in [1.807, 2.05) is 31.2 Å². The zero-order chi connectivity index (χ0) is 18.9. The van der Waals surface area contributed by atoms with Gasteiger partial charge in [0.2, 0.25) is 5.75 Å². The average molecular weight is 360 g/mol. The monoisotopic (exact) mass is 360 g/mol. The van der Waals surface area contributed by atoms with Gasteiger partial charge >= 0.3 is 5.69 Å². The average Bonchev–Trinajstić information content (AvgIpc) is 2.65. The fourth-order valence-corrected chi connectivity index (χ4v) is 2.24. The molecule has 0 fully saturated rings. The van der Waals surface area contributed by atoms with Crippen molar-refractivity contribution < 1.29 is 23.9 Å². The number of carbonyl (C=O) groups excluding carboxylic acids is 1. The highest BCUT2D eigenvalue weighted by Gasteiger charge is 2.15. The number of benzene rings is 2. The van der Waals surface area contributed by atoms with Crippen LogP contribution < -0.4 is 19.5 Å². The second-order valence-corrected chi connectivity index (χ2v) is 5.20. The summed E-state index contributed by atoms with van der Waals surface area (Å²) in [6.45, 7) is 2.51. The minimum absolute atomic E-state index is 0.0681. The highest BCUT2D eigenvalue weighted by Crippen LogP contribution is 2.30. The van der Waals surface area contributed by atoms with E-state index in [9.17, 15) is 14.9 Å². The largest absolute Gasteiger partial charge is 0.494 e. The predicted octanol–water partition coefficient (Wildman–Crippen LogP) is 2.70. The number of nitro groups is 1. The molecule has 0 saturated carbocycles. The van der Waals surface area contributed by atoms with Crippen LogP contribution in [0.1, 0.15) is 12.5 Å². The second kappa shape index (κ2) is 9.26. The molecule has 0 spiro atoms. The molecule has 0 saturated heterocycles. The van der Waals surface area contributed by atoms with E-state index >= 15 is 0 Å². The highest BCUT2D eigenvalue weighted by molar-refractivity contribution is 5.77. The number of hydrogen-bond donors (Lipinski definition) is 1. The molecule has 2 aromatic rings. The number of amides is 1. The second-order valence-electron chi connectivity index (χ2n) is 5.20. The van der Waals surface area contributed by atoms with Gasteiger partial charge in [0.1, 0.15) is 11.5 Å². The number of ether oxygens (including phenoxy) is 3. The number of nitrogens with one attached hydrogen (secondary N) is 1. The van der Waals surface area contributed by atoms with Gasteiger partial charge in [-0.25, -0.2) is 0 Å². The topological polar surface area (TPSA) is 99.9 Å². The van der Waals surface area contributed by atoms with Crippen molar-refractivity contribution in [2.24, 2.45) is 0 Å². The molecule has 2 aromatic carbocycles. The first-order valence-corrected chi connectivity index (χ1v) is 7.97. The van der Waals surface area contributed by atoms with Gasteiger partial charge in [-0.15, -0.1) is 0 Å². The van der Waals surface area contributed by atoms with E-state index in [0.717, 1.165) is 11.3 Å². The predicted molar refractivity (Wildman–Crippen MR) is 94.6 cm³/mol. The van der Waals surface area contributed by atoms with Gasteiger partial charge in [0, 0.05) is 24.2 Å². The molecule has 1 amide bonds. The fourth-order valence-electron chi connectivity index (χ4n) is 2.24. The van der Waals surface area contributed by atoms with Crippen LogP contribution in [0, 0.1) is 10.1 Å². The lowest BCUT2D eigenvalue weighted by Gasteiger charge is -2.11. The maximum Gasteiger partial charge on any atom is 0.311 e. The summed E-state index contributed by atoms with van der Waals surface area (Å²) >= 11 is 0. The minimum atomic E-state index is -0.550. The molecule has 0 aliphatic carbocycles. The summed E-state index contributed by atoms with van der Waals surface area (Å²) in [5.74, 6) is 0.765. The van der Waals surface area contributed by atoms with Crippen LogP contribution in [0.5, 0.6) is 17.2 Å². The molecule has 0 aliphatic heterocycles. The lowest BCUT2D eigenvalue weighted by molar-refractivity contribution is -0.385. The summed E-state index contributed by atoms with van der Waals surface area (Å²) in [4.78, 5) is 22.3. The Morgan fingerprint density at radius 2 is 1.92 bits per heavy atom. The van der Waals surface area contributed by atoms with Crippen LogP contribution in [-0.4, -0.2) is 31.2 Å². The molecule has 1 N–H and O–H groups in total. The van der Waals surface area contributed by atoms with Crippen LogP contribution >= 0.6 is 0 Å². The Bertz CT molecular complexity index is 778. The molecule has 0 radical (unpaired) electrons. The third-order valence-corrected chi connectivity index (χ3v) is 3.47. The van der Waals surface area contributed by atoms with Crippen molar-refractivity contribution >= 4 is 11.6 Å². The van der Waals surface area contributed by atoms with E-state index in [2.05, 4.69) is 5.32 Å². The lowest BCUT2D eigenvalue weighted by Crippen LogP contribution is -2.28. The molecule has 8 nitrogen and oxygen atoms in total. The Labute approximate surface area is 150 Å². The SMILES string of the molecule is CCOc1ccccc1CNC(=O)COc1ccc([N+](=O)[O-])c(OC)c1. The van der Waals surface area contributed by atoms with E-state index < -0.39 is 4.92 Å². The molecule has 26 heavy (non-hydrogen) atoms. The van der Waals surface area contributed by atoms with Crippen molar-refractivity contribution in [3.63, 3.8) is 0 Å². The van der Waals surface area contributed by atoms with Gasteiger partial charge in [0.15, 0.2) is 6.61 Å². The third-order valence-electron chi connectivity index (χ3n) is 3.47. The molecule has 0 atom stereocenters. The van der Waals surface area contributed by atoms with Gasteiger partial charge in [0.05, 0.1) is 18.6 Å². The maximum atomic E-state index is 12.0. The Balaban J connectivity index is 1.90. The summed E-state index contributed by atoms with van der Waals surface area (Å²) in [7, 11) is 1.33. The fraction of sp³-hybridized carbons (Fsp3) is 0.278. The number of nitrogens with zero attached hydrogens (tertiary/aromatic N) is 1. The van der Waals surface area contributed by atoms with E-state index in [1.54, 1.807) is 0 Å². The van der Waals surface area contributed by atoms with Gasteiger partial charge in [-0.2, -0.15) is 0 Å². The number of hydrogen-bond acceptors (Lipinski definition) is 6. The number of methoxy groups -OCH3 is 1. The van der Waals surface area contributed by atoms with Crippen molar-refractivity contribution in [1.82, 2.24) is 5.32 Å². The quantitative estimate of drug-likeness (QED) is 0.545. The summed E-state index contributed by atoms with van der Waals surface area (Å²) in [5.41, 5.74) is 0.691. The van der Waals surface area contributed by atoms with Crippen molar-refractivity contribution in [3.05, 3.63) is 58.1 Å². The first-order chi connectivity index (χ1) is 12.5. The van der Waals surface area contributed by atoms with Gasteiger partial charge in [0.25, 0.3) is 5.91 Å². The zero-order valence-corrected chi connectivity index (χ0v) is 14.6. The van der Waals surface area contributed by atoms with Gasteiger partial charge in [-0.3, -0.25) is 14.9 Å². The van der Waals surface area contributed by atoms with E-state index in [-0.39, 0.29) is 24.0 Å². The summed E-state index contributed by atoms with van der Waals surface area (Å²) in [5, 5.41) is 13.6. The van der Waals surface area contributed by atoms with Crippen LogP contribution in [0.15, 0.2) is 42.5 Å². The smallest absolute Gasteiger partial charge is 0.311 e. The normalized spacial score (nSPS) is 10.1. The first kappa shape index (κ1) is 19.0. The van der Waals surface area contributed by atoms with Crippen LogP contribution in [-0.2, 0) is 11.3 Å². The van der Waals surface area contributed by atoms with Crippen molar-refractivity contribution in [1.29, 1.82) is 0 Å². The highest BCUT2D eigenvalue weighted by atomic mass is 16.6. The minimum Gasteiger partial charge on any atom is -0.494 e. The van der Waals surface area contributed by atoms with E-state index in [0.29, 0.717) is 18.9 Å². The number of carbonyl (C=O) groups is 1. The standard InChI is InChI=1S/C18H20N2O6/c1-3-25-16-7-5-4-6-13(16)11-19-18(21)12-26-14-8-9-15(20(22)23)17(10-14)24-2/h4-10H,3,11-12H2,1-2H3,(H,19,21). The van der Waals surface area contributed by atoms with Crippen molar-refractivity contribution in [3.8, 4) is 17.2 Å². The molecule has 0 aliphatic rings. The molecular formula is C18H20N2O6. The number of rotatable bonds is 9. The molecule has 138 valence electrons. The molecule has 8 heteroatoms. The third kappa shape index (κ3) is 5.10. The number of nitro benzene ring substituents is 1. The van der Waals surface area contributed by atoms with Crippen LogP contribution in [0.4, 0.5) is 5.69 Å². The summed E-state index contributed by atoms with van der Waals surface area (Å²) < 4.78 is 15.8. The number of para-hydroxylation sites is 1. The Morgan fingerprint density at radius 1 is 1.15 bits per heavy atom. The maximum absolute atomic E-state index is 12.0. The van der Waals surface area contributed by atoms with Crippen LogP contribution in [0.3, 0.4) is 0 Å². The van der Waals surface area contributed by atoms with E-state index in [4.69, 9.17) is 14.2 Å². The van der Waals surface area contributed by atoms with E-state index in [1.165, 1.54) is 25.3 Å². The molecule has 0 heterocycles. The molecule has 0 unspecified atom stereocenters. The zero-order valence-electron chi connectivity index (χ0n) is 14.6. The van der Waals surface area contributed by atoms with Gasteiger partial charge < -0.3 is 19.5 Å².